The Balaban J connectivity index is 1.81. The van der Waals surface area contributed by atoms with Crippen molar-refractivity contribution in [1.29, 1.82) is 0 Å². The van der Waals surface area contributed by atoms with Crippen molar-refractivity contribution in [3.63, 3.8) is 0 Å². The number of para-hydroxylation sites is 1. The van der Waals surface area contributed by atoms with Crippen LogP contribution in [0.5, 0.6) is 5.75 Å². The number of hydrogen-bond acceptors (Lipinski definition) is 3. The molecule has 0 aliphatic heterocycles. The Morgan fingerprint density at radius 1 is 1.19 bits per heavy atom. The van der Waals surface area contributed by atoms with Crippen LogP contribution < -0.4 is 15.4 Å². The molecule has 1 aromatic carbocycles. The largest absolute Gasteiger partial charge is 0.494 e. The number of aliphatic imine (C=N–C) groups is 1. The lowest BCUT2D eigenvalue weighted by Gasteiger charge is -2.30. The molecule has 1 saturated carbocycles. The normalized spacial score (nSPS) is 16.5. The van der Waals surface area contributed by atoms with Gasteiger partial charge in [-0.3, -0.25) is 4.99 Å². The van der Waals surface area contributed by atoms with Gasteiger partial charge in [-0.25, -0.2) is 0 Å². The van der Waals surface area contributed by atoms with Gasteiger partial charge in [-0.05, 0) is 49.7 Å². The average Bonchev–Trinajstić information content (AvgIpc) is 3.13. The van der Waals surface area contributed by atoms with Crippen LogP contribution in [0.2, 0.25) is 0 Å². The lowest BCUT2D eigenvalue weighted by atomic mass is 9.83. The number of ether oxygens (including phenoxy) is 2. The molecular weight excluding hydrogens is 326 g/mol. The summed E-state index contributed by atoms with van der Waals surface area (Å²) in [7, 11) is 3.62. The van der Waals surface area contributed by atoms with E-state index in [2.05, 4.69) is 27.8 Å². The van der Waals surface area contributed by atoms with Crippen LogP contribution in [0.25, 0.3) is 0 Å². The SMILES string of the molecule is CCOc1ccccc1CCNC(=NC)NCC1(CCOC)CCCC1. The first-order valence-corrected chi connectivity index (χ1v) is 9.87. The van der Waals surface area contributed by atoms with Crippen molar-refractivity contribution in [3.8, 4) is 5.75 Å². The topological polar surface area (TPSA) is 54.9 Å². The van der Waals surface area contributed by atoms with Crippen LogP contribution in [0, 0.1) is 5.41 Å². The molecule has 1 aromatic rings. The van der Waals surface area contributed by atoms with Gasteiger partial charge < -0.3 is 20.1 Å². The molecular formula is C21H35N3O2. The Morgan fingerprint density at radius 2 is 1.96 bits per heavy atom. The van der Waals surface area contributed by atoms with Crippen molar-refractivity contribution in [3.05, 3.63) is 29.8 Å². The van der Waals surface area contributed by atoms with Crippen molar-refractivity contribution in [2.24, 2.45) is 10.4 Å². The van der Waals surface area contributed by atoms with Crippen molar-refractivity contribution in [2.75, 3.05) is 40.5 Å². The van der Waals surface area contributed by atoms with Crippen molar-refractivity contribution < 1.29 is 9.47 Å². The third kappa shape index (κ3) is 6.20. The van der Waals surface area contributed by atoms with Crippen LogP contribution in [0.3, 0.4) is 0 Å². The van der Waals surface area contributed by atoms with E-state index in [1.807, 2.05) is 26.1 Å². The molecule has 0 aromatic heterocycles. The van der Waals surface area contributed by atoms with Gasteiger partial charge in [0.15, 0.2) is 5.96 Å². The molecule has 2 N–H and O–H groups in total. The van der Waals surface area contributed by atoms with E-state index in [-0.39, 0.29) is 0 Å². The first kappa shape index (κ1) is 20.6. The Kier molecular flexibility index (Phi) is 8.75. The predicted molar refractivity (Wildman–Crippen MR) is 108 cm³/mol. The molecule has 2 rings (SSSR count). The van der Waals surface area contributed by atoms with Gasteiger partial charge in [-0.15, -0.1) is 0 Å². The van der Waals surface area contributed by atoms with E-state index >= 15 is 0 Å². The van der Waals surface area contributed by atoms with E-state index in [1.54, 1.807) is 7.11 Å². The van der Waals surface area contributed by atoms with Crippen LogP contribution >= 0.6 is 0 Å². The van der Waals surface area contributed by atoms with E-state index in [0.29, 0.717) is 12.0 Å². The molecule has 0 atom stereocenters. The summed E-state index contributed by atoms with van der Waals surface area (Å²) in [6, 6.07) is 8.24. The molecule has 5 nitrogen and oxygen atoms in total. The fourth-order valence-corrected chi connectivity index (χ4v) is 3.77. The van der Waals surface area contributed by atoms with E-state index in [4.69, 9.17) is 9.47 Å². The molecule has 0 amide bonds. The number of guanidine groups is 1. The molecule has 0 saturated heterocycles. The maximum absolute atomic E-state index is 5.70. The van der Waals surface area contributed by atoms with Gasteiger partial charge in [0.1, 0.15) is 5.75 Å². The number of nitrogens with one attached hydrogen (secondary N) is 2. The maximum Gasteiger partial charge on any atom is 0.191 e. The summed E-state index contributed by atoms with van der Waals surface area (Å²) < 4.78 is 11.0. The van der Waals surface area contributed by atoms with Crippen molar-refractivity contribution in [1.82, 2.24) is 10.6 Å². The van der Waals surface area contributed by atoms with Gasteiger partial charge >= 0.3 is 0 Å². The summed E-state index contributed by atoms with van der Waals surface area (Å²) in [5, 5.41) is 6.98. The Morgan fingerprint density at radius 3 is 2.65 bits per heavy atom. The summed E-state index contributed by atoms with van der Waals surface area (Å²) >= 11 is 0. The summed E-state index contributed by atoms with van der Waals surface area (Å²) in [6.07, 6.45) is 7.24. The monoisotopic (exact) mass is 361 g/mol. The molecule has 0 radical (unpaired) electrons. The second-order valence-electron chi connectivity index (χ2n) is 7.09. The number of hydrogen-bond donors (Lipinski definition) is 2. The van der Waals surface area contributed by atoms with E-state index in [9.17, 15) is 0 Å². The highest BCUT2D eigenvalue weighted by molar-refractivity contribution is 5.79. The van der Waals surface area contributed by atoms with E-state index in [1.165, 1.54) is 31.2 Å². The molecule has 0 unspecified atom stereocenters. The molecule has 1 aliphatic carbocycles. The van der Waals surface area contributed by atoms with Gasteiger partial charge in [-0.1, -0.05) is 31.0 Å². The Bertz CT molecular complexity index is 554. The molecule has 146 valence electrons. The lowest BCUT2D eigenvalue weighted by Crippen LogP contribution is -2.43. The van der Waals surface area contributed by atoms with E-state index in [0.717, 1.165) is 44.2 Å². The van der Waals surface area contributed by atoms with Gasteiger partial charge in [0.2, 0.25) is 0 Å². The van der Waals surface area contributed by atoms with Crippen LogP contribution in [0.4, 0.5) is 0 Å². The van der Waals surface area contributed by atoms with Gasteiger partial charge in [0.25, 0.3) is 0 Å². The number of rotatable bonds is 10. The van der Waals surface area contributed by atoms with Crippen LogP contribution in [-0.4, -0.2) is 46.4 Å². The third-order valence-electron chi connectivity index (χ3n) is 5.31. The van der Waals surface area contributed by atoms with Crippen LogP contribution in [-0.2, 0) is 11.2 Å². The first-order valence-electron chi connectivity index (χ1n) is 9.87. The first-order chi connectivity index (χ1) is 12.7. The summed E-state index contributed by atoms with van der Waals surface area (Å²) in [6.45, 7) is 5.34. The predicted octanol–water partition coefficient (Wildman–Crippen LogP) is 3.39. The van der Waals surface area contributed by atoms with Crippen LogP contribution in [0.1, 0.15) is 44.6 Å². The summed E-state index contributed by atoms with van der Waals surface area (Å²) in [4.78, 5) is 4.38. The molecule has 5 heteroatoms. The zero-order valence-electron chi connectivity index (χ0n) is 16.6. The molecule has 0 heterocycles. The van der Waals surface area contributed by atoms with E-state index < -0.39 is 0 Å². The highest BCUT2D eigenvalue weighted by Crippen LogP contribution is 2.40. The third-order valence-corrected chi connectivity index (χ3v) is 5.31. The fraction of sp³-hybridized carbons (Fsp3) is 0.667. The lowest BCUT2D eigenvalue weighted by molar-refractivity contribution is 0.138. The highest BCUT2D eigenvalue weighted by atomic mass is 16.5. The summed E-state index contributed by atoms with van der Waals surface area (Å²) in [5.41, 5.74) is 1.58. The second-order valence-corrected chi connectivity index (χ2v) is 7.09. The van der Waals surface area contributed by atoms with Crippen LogP contribution in [0.15, 0.2) is 29.3 Å². The minimum absolute atomic E-state index is 0.356. The molecule has 1 aliphatic rings. The van der Waals surface area contributed by atoms with Crippen molar-refractivity contribution >= 4 is 5.96 Å². The molecule has 26 heavy (non-hydrogen) atoms. The molecule has 0 bridgehead atoms. The Hall–Kier alpha value is -1.75. The average molecular weight is 362 g/mol. The minimum Gasteiger partial charge on any atom is -0.494 e. The van der Waals surface area contributed by atoms with Crippen molar-refractivity contribution in [2.45, 2.75) is 45.4 Å². The standard InChI is InChI=1S/C21H35N3O2/c1-4-26-19-10-6-5-9-18(19)11-15-23-20(22-2)24-17-21(14-16-25-3)12-7-8-13-21/h5-6,9-10H,4,7-8,11-17H2,1-3H3,(H2,22,23,24). The maximum atomic E-state index is 5.70. The molecule has 0 spiro atoms. The number of nitrogens with zero attached hydrogens (tertiary/aromatic N) is 1. The van der Waals surface area contributed by atoms with Gasteiger partial charge in [0.05, 0.1) is 6.61 Å². The quantitative estimate of drug-likeness (QED) is 0.495. The number of benzene rings is 1. The van der Waals surface area contributed by atoms with Gasteiger partial charge in [-0.2, -0.15) is 0 Å². The Labute approximate surface area is 158 Å². The minimum atomic E-state index is 0.356. The smallest absolute Gasteiger partial charge is 0.191 e. The number of methoxy groups -OCH3 is 1. The van der Waals surface area contributed by atoms with Gasteiger partial charge in [0, 0.05) is 33.9 Å². The highest BCUT2D eigenvalue weighted by Gasteiger charge is 2.33. The molecule has 1 fully saturated rings. The zero-order valence-corrected chi connectivity index (χ0v) is 16.6. The summed E-state index contributed by atoms with van der Waals surface area (Å²) in [5.74, 6) is 1.85. The second kappa shape index (κ2) is 11.1. The zero-order chi connectivity index (χ0) is 18.7. The fourth-order valence-electron chi connectivity index (χ4n) is 3.77.